The van der Waals surface area contributed by atoms with Crippen molar-refractivity contribution in [2.75, 3.05) is 0 Å². The molecule has 226 valence electrons. The van der Waals surface area contributed by atoms with Gasteiger partial charge in [-0.15, -0.1) is 0 Å². The molecule has 7 aromatic rings. The lowest BCUT2D eigenvalue weighted by atomic mass is 9.39. The molecule has 1 spiro atoms. The SMILES string of the molecule is Brc1ccc(B2c3ccccc3-c3ccccc32)cc1.OB(O)c1cccc2c1-c1ccccc1C21c2ccccc2-c2ccccc21. The minimum absolute atomic E-state index is 0.357. The zero-order valence-electron chi connectivity index (χ0n) is 26.0. The number of hydrogen-bond donors (Lipinski definition) is 2. The smallest absolute Gasteiger partial charge is 0.423 e. The van der Waals surface area contributed by atoms with Crippen LogP contribution in [-0.4, -0.2) is 23.9 Å². The normalized spacial score (nSPS) is 13.4. The monoisotopic (exact) mass is 678 g/mol. The predicted molar refractivity (Wildman–Crippen MR) is 203 cm³/mol. The van der Waals surface area contributed by atoms with E-state index < -0.39 is 12.5 Å². The maximum atomic E-state index is 10.1. The number of hydrogen-bond acceptors (Lipinski definition) is 2. The van der Waals surface area contributed by atoms with Crippen LogP contribution in [-0.2, 0) is 5.41 Å². The standard InChI is InChI=1S/C25H17BO2.C18H12BBr/c27-26(28)23-15-7-14-22-24(23)18-10-3-6-13-21(18)25(22)19-11-4-1-8-16(19)17-9-2-5-12-20(17)25;20-14-11-9-13(10-12-14)19-17-7-3-1-5-15(17)16-6-2-4-8-18(16)19/h1-15,27-28H;1-12H. The predicted octanol–water partition coefficient (Wildman–Crippen LogP) is 6.66. The quantitative estimate of drug-likeness (QED) is 0.201. The average molecular weight is 679 g/mol. The van der Waals surface area contributed by atoms with Gasteiger partial charge in [0.15, 0.2) is 0 Å². The van der Waals surface area contributed by atoms with Crippen LogP contribution >= 0.6 is 15.9 Å². The first kappa shape index (κ1) is 29.2. The Balaban J connectivity index is 0.000000138. The number of fused-ring (bicyclic) bond motifs is 13. The van der Waals surface area contributed by atoms with Crippen LogP contribution in [0.15, 0.2) is 168 Å². The Morgan fingerprint density at radius 1 is 0.438 bits per heavy atom. The van der Waals surface area contributed by atoms with E-state index in [9.17, 15) is 10.0 Å². The molecule has 7 aromatic carbocycles. The topological polar surface area (TPSA) is 40.5 Å². The molecule has 1 aliphatic heterocycles. The maximum absolute atomic E-state index is 10.1. The number of benzene rings is 7. The first-order valence-corrected chi connectivity index (χ1v) is 17.1. The first-order valence-electron chi connectivity index (χ1n) is 16.3. The van der Waals surface area contributed by atoms with E-state index in [1.165, 1.54) is 55.3 Å². The minimum atomic E-state index is -1.51. The molecule has 0 saturated carbocycles. The fraction of sp³-hybridized carbons (Fsp3) is 0.0233. The van der Waals surface area contributed by atoms with E-state index in [1.54, 1.807) is 0 Å². The van der Waals surface area contributed by atoms with Crippen molar-refractivity contribution in [1.29, 1.82) is 0 Å². The van der Waals surface area contributed by atoms with Crippen molar-refractivity contribution in [2.24, 2.45) is 0 Å². The van der Waals surface area contributed by atoms with E-state index in [2.05, 4.69) is 162 Å². The molecule has 0 amide bonds. The third-order valence-electron chi connectivity index (χ3n) is 10.4. The molecule has 2 aliphatic carbocycles. The molecule has 10 rings (SSSR count). The van der Waals surface area contributed by atoms with Crippen molar-refractivity contribution in [3.63, 3.8) is 0 Å². The highest BCUT2D eigenvalue weighted by molar-refractivity contribution is 9.10. The summed E-state index contributed by atoms with van der Waals surface area (Å²) in [6, 6.07) is 57.6. The molecule has 2 nitrogen and oxygen atoms in total. The van der Waals surface area contributed by atoms with Crippen molar-refractivity contribution >= 4 is 51.6 Å². The lowest BCUT2D eigenvalue weighted by Gasteiger charge is -2.30. The minimum Gasteiger partial charge on any atom is -0.423 e. The van der Waals surface area contributed by atoms with Gasteiger partial charge in [0.25, 0.3) is 0 Å². The van der Waals surface area contributed by atoms with E-state index in [1.807, 2.05) is 18.2 Å². The zero-order chi connectivity index (χ0) is 32.4. The molecular formula is C43H29B2BrO2. The Morgan fingerprint density at radius 3 is 1.42 bits per heavy atom. The van der Waals surface area contributed by atoms with Gasteiger partial charge in [0.1, 0.15) is 0 Å². The van der Waals surface area contributed by atoms with Crippen LogP contribution in [0.1, 0.15) is 22.3 Å². The molecule has 2 N–H and O–H groups in total. The largest absolute Gasteiger partial charge is 0.489 e. The van der Waals surface area contributed by atoms with E-state index >= 15 is 0 Å². The Bertz CT molecular complexity index is 2270. The van der Waals surface area contributed by atoms with Crippen molar-refractivity contribution in [3.05, 3.63) is 191 Å². The second-order valence-corrected chi connectivity index (χ2v) is 13.6. The lowest BCUT2D eigenvalue weighted by Crippen LogP contribution is -2.48. The molecule has 0 unspecified atom stereocenters. The third-order valence-corrected chi connectivity index (χ3v) is 10.9. The summed E-state index contributed by atoms with van der Waals surface area (Å²) in [5, 5.41) is 20.2. The summed E-state index contributed by atoms with van der Waals surface area (Å²) in [7, 11) is -1.51. The molecular weight excluding hydrogens is 650 g/mol. The van der Waals surface area contributed by atoms with Gasteiger partial charge in [-0.1, -0.05) is 184 Å². The van der Waals surface area contributed by atoms with Gasteiger partial charge in [0, 0.05) is 4.47 Å². The van der Waals surface area contributed by atoms with Crippen LogP contribution in [0.3, 0.4) is 0 Å². The molecule has 48 heavy (non-hydrogen) atoms. The van der Waals surface area contributed by atoms with E-state index in [4.69, 9.17) is 0 Å². The van der Waals surface area contributed by atoms with E-state index in [0.29, 0.717) is 12.2 Å². The van der Waals surface area contributed by atoms with Gasteiger partial charge in [0.05, 0.1) is 5.41 Å². The first-order chi connectivity index (χ1) is 23.6. The average Bonchev–Trinajstić information content (AvgIpc) is 3.74. The van der Waals surface area contributed by atoms with Crippen LogP contribution in [0.5, 0.6) is 0 Å². The Labute approximate surface area is 289 Å². The van der Waals surface area contributed by atoms with Gasteiger partial charge < -0.3 is 10.0 Å². The summed E-state index contributed by atoms with van der Waals surface area (Å²) >= 11 is 3.52. The van der Waals surface area contributed by atoms with Gasteiger partial charge >= 0.3 is 7.12 Å². The van der Waals surface area contributed by atoms with Crippen molar-refractivity contribution in [1.82, 2.24) is 0 Å². The fourth-order valence-corrected chi connectivity index (χ4v) is 8.82. The summed E-state index contributed by atoms with van der Waals surface area (Å²) in [6.45, 7) is 0.357. The molecule has 0 aromatic heterocycles. The van der Waals surface area contributed by atoms with Crippen LogP contribution < -0.4 is 21.9 Å². The lowest BCUT2D eigenvalue weighted by molar-refractivity contribution is 0.426. The summed E-state index contributed by atoms with van der Waals surface area (Å²) in [4.78, 5) is 0. The third kappa shape index (κ3) is 4.15. The number of rotatable bonds is 2. The molecule has 0 fully saturated rings. The van der Waals surface area contributed by atoms with Gasteiger partial charge in [0.2, 0.25) is 6.71 Å². The summed E-state index contributed by atoms with van der Waals surface area (Å²) in [5.41, 5.74) is 16.4. The number of halogens is 1. The van der Waals surface area contributed by atoms with Crippen molar-refractivity contribution < 1.29 is 10.0 Å². The zero-order valence-corrected chi connectivity index (χ0v) is 27.6. The highest BCUT2D eigenvalue weighted by Crippen LogP contribution is 2.62. The molecule has 0 radical (unpaired) electrons. The molecule has 0 atom stereocenters. The van der Waals surface area contributed by atoms with Crippen molar-refractivity contribution in [3.8, 4) is 33.4 Å². The van der Waals surface area contributed by atoms with Gasteiger partial charge in [-0.25, -0.2) is 0 Å². The molecule has 0 saturated heterocycles. The molecule has 5 heteroatoms. The molecule has 0 bridgehead atoms. The highest BCUT2D eigenvalue weighted by atomic mass is 79.9. The fourth-order valence-electron chi connectivity index (χ4n) is 8.56. The second kappa shape index (κ2) is 11.3. The summed E-state index contributed by atoms with van der Waals surface area (Å²) < 4.78 is 1.13. The van der Waals surface area contributed by atoms with Gasteiger partial charge in [-0.05, 0) is 73.2 Å². The van der Waals surface area contributed by atoms with E-state index in [-0.39, 0.29) is 0 Å². The second-order valence-electron chi connectivity index (χ2n) is 12.7. The summed E-state index contributed by atoms with van der Waals surface area (Å²) in [5.74, 6) is 0. The van der Waals surface area contributed by atoms with Crippen LogP contribution in [0, 0.1) is 0 Å². The van der Waals surface area contributed by atoms with Gasteiger partial charge in [-0.3, -0.25) is 0 Å². The van der Waals surface area contributed by atoms with Crippen LogP contribution in [0.25, 0.3) is 33.4 Å². The Kier molecular flexibility index (Phi) is 6.91. The Morgan fingerprint density at radius 2 is 0.875 bits per heavy atom. The molecule has 3 aliphatic rings. The van der Waals surface area contributed by atoms with Crippen LogP contribution in [0.4, 0.5) is 0 Å². The summed E-state index contributed by atoms with van der Waals surface area (Å²) in [6.07, 6.45) is 0. The van der Waals surface area contributed by atoms with Gasteiger partial charge in [-0.2, -0.15) is 0 Å². The molecule has 1 heterocycles. The van der Waals surface area contributed by atoms with Crippen LogP contribution in [0.2, 0.25) is 0 Å². The Hall–Kier alpha value is -4.93. The van der Waals surface area contributed by atoms with Crippen molar-refractivity contribution in [2.45, 2.75) is 5.41 Å². The maximum Gasteiger partial charge on any atom is 0.489 e. The van der Waals surface area contributed by atoms with E-state index in [0.717, 1.165) is 21.2 Å². The highest BCUT2D eigenvalue weighted by Gasteiger charge is 2.52.